The molecule has 6 nitrogen and oxygen atoms in total. The van der Waals surface area contributed by atoms with Gasteiger partial charge in [0.25, 0.3) is 0 Å². The van der Waals surface area contributed by atoms with Crippen molar-refractivity contribution in [1.82, 2.24) is 14.5 Å². The van der Waals surface area contributed by atoms with E-state index in [2.05, 4.69) is 22.8 Å². The maximum atomic E-state index is 13.0. The Morgan fingerprint density at radius 3 is 2.77 bits per heavy atom. The highest BCUT2D eigenvalue weighted by molar-refractivity contribution is 5.78. The highest BCUT2D eigenvalue weighted by atomic mass is 16.5. The maximum absolute atomic E-state index is 13.0. The number of likely N-dealkylation sites (tertiary alicyclic amines) is 1. The molecule has 1 fully saturated rings. The van der Waals surface area contributed by atoms with Crippen LogP contribution in [0.5, 0.6) is 0 Å². The number of carbonyl (C=O) groups excluding carboxylic acids is 1. The van der Waals surface area contributed by atoms with Crippen molar-refractivity contribution < 1.29 is 9.53 Å². The van der Waals surface area contributed by atoms with Gasteiger partial charge in [-0.2, -0.15) is 0 Å². The van der Waals surface area contributed by atoms with Crippen molar-refractivity contribution in [3.63, 3.8) is 0 Å². The van der Waals surface area contributed by atoms with E-state index in [1.54, 1.807) is 7.11 Å². The molecule has 2 N–H and O–H groups in total. The van der Waals surface area contributed by atoms with Crippen LogP contribution in [0.3, 0.4) is 0 Å². The van der Waals surface area contributed by atoms with Crippen LogP contribution in [0, 0.1) is 0 Å². The predicted molar refractivity (Wildman–Crippen MR) is 123 cm³/mol. The molecule has 2 aromatic carbocycles. The first-order valence-corrected chi connectivity index (χ1v) is 11.2. The van der Waals surface area contributed by atoms with Crippen LogP contribution in [0.2, 0.25) is 0 Å². The minimum atomic E-state index is -0.271. The summed E-state index contributed by atoms with van der Waals surface area (Å²) in [5.41, 5.74) is 9.49. The van der Waals surface area contributed by atoms with Gasteiger partial charge < -0.3 is 19.9 Å². The predicted octanol–water partition coefficient (Wildman–Crippen LogP) is 3.87. The zero-order chi connectivity index (χ0) is 21.6. The lowest BCUT2D eigenvalue weighted by Crippen LogP contribution is -2.40. The molecule has 4 rings (SSSR count). The van der Waals surface area contributed by atoms with E-state index in [0.717, 1.165) is 61.4 Å². The van der Waals surface area contributed by atoms with Gasteiger partial charge >= 0.3 is 0 Å². The summed E-state index contributed by atoms with van der Waals surface area (Å²) in [6.45, 7) is 3.08. The summed E-state index contributed by atoms with van der Waals surface area (Å²) in [5, 5.41) is 0. The van der Waals surface area contributed by atoms with E-state index in [9.17, 15) is 4.79 Å². The molecule has 1 amide bonds. The van der Waals surface area contributed by atoms with Gasteiger partial charge in [0.1, 0.15) is 5.82 Å². The van der Waals surface area contributed by atoms with Gasteiger partial charge in [-0.3, -0.25) is 4.79 Å². The third kappa shape index (κ3) is 4.97. The second kappa shape index (κ2) is 10.1. The van der Waals surface area contributed by atoms with Crippen molar-refractivity contribution in [2.45, 2.75) is 44.2 Å². The molecule has 1 unspecified atom stereocenters. The smallest absolute Gasteiger partial charge is 0.224 e. The van der Waals surface area contributed by atoms with Crippen molar-refractivity contribution >= 4 is 16.9 Å². The fourth-order valence-electron chi connectivity index (χ4n) is 4.56. The second-order valence-electron chi connectivity index (χ2n) is 8.36. The molecule has 1 aliphatic rings. The van der Waals surface area contributed by atoms with Gasteiger partial charge in [-0.05, 0) is 37.0 Å². The third-order valence-electron chi connectivity index (χ3n) is 6.18. The van der Waals surface area contributed by atoms with Crippen molar-refractivity contribution in [2.75, 3.05) is 26.8 Å². The molecule has 0 bridgehead atoms. The van der Waals surface area contributed by atoms with Crippen LogP contribution < -0.4 is 5.73 Å². The molecular weight excluding hydrogens is 388 g/mol. The molecular formula is C25H32N4O2. The number of hydrogen-bond acceptors (Lipinski definition) is 4. The number of imidazole rings is 1. The quantitative estimate of drug-likeness (QED) is 0.562. The van der Waals surface area contributed by atoms with Crippen LogP contribution in [-0.4, -0.2) is 47.2 Å². The summed E-state index contributed by atoms with van der Waals surface area (Å²) >= 11 is 0. The number of fused-ring (bicyclic) bond motifs is 1. The lowest BCUT2D eigenvalue weighted by atomic mass is 9.96. The number of amides is 1. The van der Waals surface area contributed by atoms with E-state index >= 15 is 0 Å². The number of methoxy groups -OCH3 is 1. The van der Waals surface area contributed by atoms with Gasteiger partial charge in [0.2, 0.25) is 5.91 Å². The summed E-state index contributed by atoms with van der Waals surface area (Å²) in [4.78, 5) is 20.0. The van der Waals surface area contributed by atoms with Crippen LogP contribution in [0.4, 0.5) is 0 Å². The largest absolute Gasteiger partial charge is 0.385 e. The normalized spacial score (nSPS) is 17.7. The molecule has 0 spiro atoms. The SMILES string of the molecule is COCCCn1c(C2CCCN(C(=O)C[C@H](N)c3ccccc3)C2)nc2ccccc21. The highest BCUT2D eigenvalue weighted by Crippen LogP contribution is 2.30. The molecule has 0 radical (unpaired) electrons. The molecule has 164 valence electrons. The van der Waals surface area contributed by atoms with E-state index in [0.29, 0.717) is 13.0 Å². The lowest BCUT2D eigenvalue weighted by molar-refractivity contribution is -0.132. The Morgan fingerprint density at radius 1 is 1.19 bits per heavy atom. The molecule has 1 aromatic heterocycles. The standard InChI is InChI=1S/C25H32N4O2/c1-31-16-8-15-29-23-13-6-5-12-22(23)27-25(29)20-11-7-14-28(18-20)24(30)17-21(26)19-9-3-2-4-10-19/h2-6,9-10,12-13,20-21H,7-8,11,14-18,26H2,1H3/t20?,21-/m0/s1. The van der Waals surface area contributed by atoms with Gasteiger partial charge in [0.05, 0.1) is 11.0 Å². The van der Waals surface area contributed by atoms with Crippen LogP contribution in [0.25, 0.3) is 11.0 Å². The number of carbonyl (C=O) groups is 1. The van der Waals surface area contributed by atoms with Crippen LogP contribution in [0.15, 0.2) is 54.6 Å². The number of nitrogens with zero attached hydrogens (tertiary/aromatic N) is 3. The Labute approximate surface area is 184 Å². The van der Waals surface area contributed by atoms with Crippen molar-refractivity contribution in [1.29, 1.82) is 0 Å². The van der Waals surface area contributed by atoms with Gasteiger partial charge in [-0.25, -0.2) is 4.98 Å². The molecule has 31 heavy (non-hydrogen) atoms. The average molecular weight is 421 g/mol. The molecule has 3 aromatic rings. The van der Waals surface area contributed by atoms with Gasteiger partial charge in [0.15, 0.2) is 0 Å². The fourth-order valence-corrected chi connectivity index (χ4v) is 4.56. The van der Waals surface area contributed by atoms with E-state index in [-0.39, 0.29) is 17.9 Å². The molecule has 1 saturated heterocycles. The Hall–Kier alpha value is -2.70. The Bertz CT molecular complexity index is 1000. The molecule has 2 atom stereocenters. The molecule has 0 aliphatic carbocycles. The third-order valence-corrected chi connectivity index (χ3v) is 6.18. The van der Waals surface area contributed by atoms with E-state index in [1.807, 2.05) is 41.3 Å². The van der Waals surface area contributed by atoms with Crippen molar-refractivity contribution in [2.24, 2.45) is 5.73 Å². The summed E-state index contributed by atoms with van der Waals surface area (Å²) in [5.74, 6) is 1.45. The number of nitrogens with two attached hydrogens (primary N) is 1. The minimum Gasteiger partial charge on any atom is -0.385 e. The maximum Gasteiger partial charge on any atom is 0.224 e. The Kier molecular flexibility index (Phi) is 6.99. The minimum absolute atomic E-state index is 0.128. The number of hydrogen-bond donors (Lipinski definition) is 1. The Balaban J connectivity index is 1.49. The second-order valence-corrected chi connectivity index (χ2v) is 8.36. The van der Waals surface area contributed by atoms with Gasteiger partial charge in [0, 0.05) is 51.7 Å². The zero-order valence-electron chi connectivity index (χ0n) is 18.2. The molecule has 2 heterocycles. The van der Waals surface area contributed by atoms with E-state index in [1.165, 1.54) is 0 Å². The van der Waals surface area contributed by atoms with Gasteiger partial charge in [-0.15, -0.1) is 0 Å². The van der Waals surface area contributed by atoms with E-state index in [4.69, 9.17) is 15.5 Å². The summed E-state index contributed by atoms with van der Waals surface area (Å²) in [7, 11) is 1.73. The van der Waals surface area contributed by atoms with Crippen LogP contribution >= 0.6 is 0 Å². The lowest BCUT2D eigenvalue weighted by Gasteiger charge is -2.33. The monoisotopic (exact) mass is 420 g/mol. The molecule has 6 heteroatoms. The van der Waals surface area contributed by atoms with Gasteiger partial charge in [-0.1, -0.05) is 42.5 Å². The molecule has 1 aliphatic heterocycles. The first-order chi connectivity index (χ1) is 15.2. The number of aromatic nitrogens is 2. The summed E-state index contributed by atoms with van der Waals surface area (Å²) in [6, 6.07) is 17.9. The first-order valence-electron chi connectivity index (χ1n) is 11.2. The summed E-state index contributed by atoms with van der Waals surface area (Å²) < 4.78 is 7.58. The van der Waals surface area contributed by atoms with Crippen LogP contribution in [-0.2, 0) is 16.1 Å². The first kappa shape index (κ1) is 21.5. The van der Waals surface area contributed by atoms with Crippen molar-refractivity contribution in [3.05, 3.63) is 66.0 Å². The number of rotatable bonds is 8. The fraction of sp³-hybridized carbons (Fsp3) is 0.440. The topological polar surface area (TPSA) is 73.4 Å². The zero-order valence-corrected chi connectivity index (χ0v) is 18.2. The van der Waals surface area contributed by atoms with E-state index < -0.39 is 0 Å². The molecule has 0 saturated carbocycles. The number of aryl methyl sites for hydroxylation is 1. The van der Waals surface area contributed by atoms with Crippen molar-refractivity contribution in [3.8, 4) is 0 Å². The Morgan fingerprint density at radius 2 is 1.97 bits per heavy atom. The summed E-state index contributed by atoms with van der Waals surface area (Å²) in [6.07, 6.45) is 3.30. The number of para-hydroxylation sites is 2. The highest BCUT2D eigenvalue weighted by Gasteiger charge is 2.29. The number of benzene rings is 2. The van der Waals surface area contributed by atoms with Crippen LogP contribution in [0.1, 0.15) is 49.0 Å². The average Bonchev–Trinajstić information content (AvgIpc) is 3.18. The number of ether oxygens (including phenoxy) is 1. The number of piperidine rings is 1.